The molecule has 5 rings (SSSR count). The van der Waals surface area contributed by atoms with Crippen LogP contribution in [0.25, 0.3) is 22.2 Å². The molecular weight excluding hydrogens is 553 g/mol. The summed E-state index contributed by atoms with van der Waals surface area (Å²) in [5.74, 6) is 0.980. The number of aldehydes is 1. The molecule has 0 bridgehead atoms. The van der Waals surface area contributed by atoms with Crippen LogP contribution in [0.2, 0.25) is 0 Å². The van der Waals surface area contributed by atoms with Gasteiger partial charge in [-0.3, -0.25) is 14.8 Å². The Labute approximate surface area is 260 Å². The standard InChI is InChI=1S/C18H19N3O.C17H19FN2O.CH4/c1-3-14(2)12-19-7-5-9-20-17-11-15(13-22)10-16-6-4-8-21-18(16)17;1-11-10-21-17-15(11)9-14(7-8-19-2)20-16(17)12-3-5-13(18)6-4-12;/h4-13,20H,3H2,1-2H3;3-6,9,11,19H,7-8,10H2,1-2H3;1H4/b9-5-,14-12+,19-7+;;. The van der Waals surface area contributed by atoms with Gasteiger partial charge in [-0.15, -0.1) is 0 Å². The van der Waals surface area contributed by atoms with Crippen LogP contribution >= 0.6 is 0 Å². The third kappa shape index (κ3) is 8.91. The SMILES string of the molecule is C.CC/C(C)=C/N=C/C=C\Nc1cc(C=O)cc2cccnc12.CNCCc1cc2c(c(-c3ccc(F)cc3)n1)OCC2C. The summed E-state index contributed by atoms with van der Waals surface area (Å²) in [6.07, 6.45) is 11.6. The second-order valence-corrected chi connectivity index (χ2v) is 10.3. The molecule has 230 valence electrons. The van der Waals surface area contributed by atoms with E-state index < -0.39 is 0 Å². The third-order valence-electron chi connectivity index (χ3n) is 7.04. The first kappa shape index (κ1) is 33.8. The molecule has 1 atom stereocenters. The lowest BCUT2D eigenvalue weighted by molar-refractivity contribution is 0.112. The lowest BCUT2D eigenvalue weighted by atomic mass is 9.99. The highest BCUT2D eigenvalue weighted by Crippen LogP contribution is 2.41. The van der Waals surface area contributed by atoms with E-state index in [0.29, 0.717) is 18.1 Å². The monoisotopic (exact) mass is 595 g/mol. The van der Waals surface area contributed by atoms with E-state index in [1.807, 2.05) is 44.4 Å². The molecule has 0 aliphatic carbocycles. The number of likely N-dealkylation sites (N-methyl/N-ethyl adjacent to an activating group) is 1. The maximum atomic E-state index is 13.1. The van der Waals surface area contributed by atoms with Crippen LogP contribution in [-0.4, -0.2) is 42.7 Å². The molecule has 4 aromatic rings. The number of aromatic nitrogens is 2. The normalized spacial score (nSPS) is 14.1. The quantitative estimate of drug-likeness (QED) is 0.142. The summed E-state index contributed by atoms with van der Waals surface area (Å²) in [5.41, 5.74) is 7.44. The Hall–Kier alpha value is -4.69. The molecule has 2 aromatic heterocycles. The third-order valence-corrected chi connectivity index (χ3v) is 7.04. The molecule has 1 aliphatic rings. The summed E-state index contributed by atoms with van der Waals surface area (Å²) in [6, 6.07) is 16.0. The molecule has 0 radical (unpaired) electrons. The minimum atomic E-state index is -0.240. The maximum absolute atomic E-state index is 13.1. The topological polar surface area (TPSA) is 88.5 Å². The minimum absolute atomic E-state index is 0. The molecule has 1 unspecified atom stereocenters. The number of nitrogens with zero attached hydrogens (tertiary/aromatic N) is 3. The van der Waals surface area contributed by atoms with E-state index in [1.54, 1.807) is 36.8 Å². The van der Waals surface area contributed by atoms with Crippen LogP contribution in [0.15, 0.2) is 89.8 Å². The summed E-state index contributed by atoms with van der Waals surface area (Å²) in [5, 5.41) is 7.22. The lowest BCUT2D eigenvalue weighted by Crippen LogP contribution is -2.11. The van der Waals surface area contributed by atoms with Crippen LogP contribution in [-0.2, 0) is 6.42 Å². The average Bonchev–Trinajstić information content (AvgIpc) is 3.41. The number of ether oxygens (including phenoxy) is 1. The Bertz CT molecular complexity index is 1630. The van der Waals surface area contributed by atoms with E-state index in [1.165, 1.54) is 23.3 Å². The molecule has 1 aliphatic heterocycles. The van der Waals surface area contributed by atoms with Crippen molar-refractivity contribution in [2.75, 3.05) is 25.5 Å². The smallest absolute Gasteiger partial charge is 0.150 e. The Kier molecular flexibility index (Phi) is 12.9. The highest BCUT2D eigenvalue weighted by molar-refractivity contribution is 5.96. The summed E-state index contributed by atoms with van der Waals surface area (Å²) < 4.78 is 18.9. The Morgan fingerprint density at radius 3 is 2.70 bits per heavy atom. The van der Waals surface area contributed by atoms with Gasteiger partial charge in [0.25, 0.3) is 0 Å². The fraction of sp³-hybridized carbons (Fsp3) is 0.278. The zero-order valence-corrected chi connectivity index (χ0v) is 25.1. The van der Waals surface area contributed by atoms with E-state index in [0.717, 1.165) is 65.0 Å². The van der Waals surface area contributed by atoms with Crippen molar-refractivity contribution in [2.45, 2.75) is 47.0 Å². The first-order valence-electron chi connectivity index (χ1n) is 14.4. The van der Waals surface area contributed by atoms with Crippen LogP contribution in [0, 0.1) is 5.82 Å². The number of carbonyl (C=O) groups is 1. The van der Waals surface area contributed by atoms with Gasteiger partial charge < -0.3 is 15.4 Å². The van der Waals surface area contributed by atoms with Crippen LogP contribution < -0.4 is 15.4 Å². The molecule has 8 heteroatoms. The number of benzene rings is 2. The molecular formula is C36H42FN5O2. The van der Waals surface area contributed by atoms with Crippen molar-refractivity contribution in [3.05, 3.63) is 107 Å². The highest BCUT2D eigenvalue weighted by atomic mass is 19.1. The van der Waals surface area contributed by atoms with Crippen LogP contribution in [0.5, 0.6) is 5.75 Å². The molecule has 7 nitrogen and oxygen atoms in total. The first-order valence-corrected chi connectivity index (χ1v) is 14.4. The molecule has 0 amide bonds. The van der Waals surface area contributed by atoms with E-state index >= 15 is 0 Å². The Morgan fingerprint density at radius 2 is 1.98 bits per heavy atom. The number of nitrogens with one attached hydrogen (secondary N) is 2. The number of halogens is 1. The van der Waals surface area contributed by atoms with Crippen LogP contribution in [0.1, 0.15) is 62.2 Å². The predicted molar refractivity (Wildman–Crippen MR) is 180 cm³/mol. The van der Waals surface area contributed by atoms with Gasteiger partial charge in [0.1, 0.15) is 23.5 Å². The molecule has 2 N–H and O–H groups in total. The second-order valence-electron chi connectivity index (χ2n) is 10.3. The van der Waals surface area contributed by atoms with E-state index in [2.05, 4.69) is 40.5 Å². The molecule has 3 heterocycles. The van der Waals surface area contributed by atoms with Crippen molar-refractivity contribution >= 4 is 29.1 Å². The van der Waals surface area contributed by atoms with Crippen molar-refractivity contribution in [3.63, 3.8) is 0 Å². The van der Waals surface area contributed by atoms with Gasteiger partial charge in [0.2, 0.25) is 0 Å². The van der Waals surface area contributed by atoms with E-state index in [4.69, 9.17) is 9.72 Å². The number of carbonyl (C=O) groups excluding carboxylic acids is 1. The summed E-state index contributed by atoms with van der Waals surface area (Å²) >= 11 is 0. The zero-order valence-electron chi connectivity index (χ0n) is 25.1. The van der Waals surface area contributed by atoms with Gasteiger partial charge in [-0.05, 0) is 75.0 Å². The van der Waals surface area contributed by atoms with Gasteiger partial charge >= 0.3 is 0 Å². The van der Waals surface area contributed by atoms with Gasteiger partial charge in [-0.25, -0.2) is 9.37 Å². The van der Waals surface area contributed by atoms with Gasteiger partial charge in [-0.2, -0.15) is 0 Å². The highest BCUT2D eigenvalue weighted by Gasteiger charge is 2.25. The van der Waals surface area contributed by atoms with Crippen LogP contribution in [0.3, 0.4) is 0 Å². The van der Waals surface area contributed by atoms with E-state index in [9.17, 15) is 9.18 Å². The fourth-order valence-corrected chi connectivity index (χ4v) is 4.49. The number of anilines is 1. The molecule has 2 aromatic carbocycles. The number of aliphatic imine (C=N–C) groups is 1. The van der Waals surface area contributed by atoms with Crippen LogP contribution in [0.4, 0.5) is 10.1 Å². The molecule has 0 saturated heterocycles. The van der Waals surface area contributed by atoms with Crippen molar-refractivity contribution < 1.29 is 13.9 Å². The predicted octanol–water partition coefficient (Wildman–Crippen LogP) is 8.14. The Balaban J connectivity index is 0.000000235. The lowest BCUT2D eigenvalue weighted by Gasteiger charge is -2.11. The van der Waals surface area contributed by atoms with Gasteiger partial charge in [0.15, 0.2) is 0 Å². The average molecular weight is 596 g/mol. The van der Waals surface area contributed by atoms with Crippen molar-refractivity contribution in [2.24, 2.45) is 4.99 Å². The molecule has 0 spiro atoms. The Morgan fingerprint density at radius 1 is 1.18 bits per heavy atom. The number of fused-ring (bicyclic) bond motifs is 2. The summed E-state index contributed by atoms with van der Waals surface area (Å²) in [6.45, 7) is 7.85. The van der Waals surface area contributed by atoms with E-state index in [-0.39, 0.29) is 13.2 Å². The van der Waals surface area contributed by atoms with Gasteiger partial charge in [0.05, 0.1) is 17.8 Å². The van der Waals surface area contributed by atoms with Gasteiger partial charge in [0, 0.05) is 71.5 Å². The summed E-state index contributed by atoms with van der Waals surface area (Å²) in [7, 11) is 1.93. The summed E-state index contributed by atoms with van der Waals surface area (Å²) in [4.78, 5) is 24.3. The van der Waals surface area contributed by atoms with Crippen molar-refractivity contribution in [1.82, 2.24) is 15.3 Å². The second kappa shape index (κ2) is 16.8. The zero-order chi connectivity index (χ0) is 30.6. The number of rotatable bonds is 10. The number of pyridine rings is 2. The molecule has 0 saturated carbocycles. The number of allylic oxidation sites excluding steroid dienone is 2. The van der Waals surface area contributed by atoms with Crippen molar-refractivity contribution in [1.29, 1.82) is 0 Å². The van der Waals surface area contributed by atoms with Gasteiger partial charge in [-0.1, -0.05) is 32.9 Å². The molecule has 44 heavy (non-hydrogen) atoms. The maximum Gasteiger partial charge on any atom is 0.150 e. The largest absolute Gasteiger partial charge is 0.490 e. The number of hydrogen-bond donors (Lipinski definition) is 2. The molecule has 0 fully saturated rings. The van der Waals surface area contributed by atoms with Crippen molar-refractivity contribution in [3.8, 4) is 17.0 Å². The minimum Gasteiger partial charge on any atom is -0.490 e. The number of hydrogen-bond acceptors (Lipinski definition) is 7. The first-order chi connectivity index (χ1) is 20.9. The fourth-order valence-electron chi connectivity index (χ4n) is 4.49.